The number of hydrogen-bond donors (Lipinski definition) is 0. The molecule has 2 aromatic carbocycles. The first-order valence-corrected chi connectivity index (χ1v) is 8.98. The lowest BCUT2D eigenvalue weighted by Gasteiger charge is -2.17. The summed E-state index contributed by atoms with van der Waals surface area (Å²) in [5.74, 6) is 1.37. The molecule has 0 radical (unpaired) electrons. The molecule has 144 valence electrons. The third-order valence-corrected chi connectivity index (χ3v) is 4.81. The number of ether oxygens (including phenoxy) is 1. The maximum Gasteiger partial charge on any atom is 0.416 e. The van der Waals surface area contributed by atoms with E-state index >= 15 is 0 Å². The minimum Gasteiger partial charge on any atom is -0.485 e. The second kappa shape index (κ2) is 7.25. The Morgan fingerprint density at radius 3 is 2.48 bits per heavy atom. The Labute approximate surface area is 156 Å². The minimum atomic E-state index is -4.38. The lowest BCUT2D eigenvalue weighted by Crippen LogP contribution is -2.11. The van der Waals surface area contributed by atoms with Gasteiger partial charge < -0.3 is 9.30 Å². The summed E-state index contributed by atoms with van der Waals surface area (Å²) in [4.78, 5) is 4.46. The minimum absolute atomic E-state index is 0.101. The fourth-order valence-corrected chi connectivity index (χ4v) is 3.20. The molecule has 3 rings (SSSR count). The number of benzene rings is 2. The third-order valence-electron chi connectivity index (χ3n) is 4.81. The zero-order valence-corrected chi connectivity index (χ0v) is 15.9. The first-order chi connectivity index (χ1) is 12.7. The van der Waals surface area contributed by atoms with E-state index in [-0.39, 0.29) is 12.6 Å². The second-order valence-corrected chi connectivity index (χ2v) is 6.91. The smallest absolute Gasteiger partial charge is 0.416 e. The number of fused-ring (bicyclic) bond motifs is 1. The molecule has 0 spiro atoms. The van der Waals surface area contributed by atoms with Crippen molar-refractivity contribution in [3.8, 4) is 5.75 Å². The highest BCUT2D eigenvalue weighted by molar-refractivity contribution is 5.77. The van der Waals surface area contributed by atoms with Crippen LogP contribution in [0.25, 0.3) is 11.0 Å². The van der Waals surface area contributed by atoms with Crippen LogP contribution in [-0.4, -0.2) is 9.55 Å². The molecule has 3 aromatic rings. The molecule has 0 aliphatic rings. The van der Waals surface area contributed by atoms with E-state index in [1.165, 1.54) is 6.07 Å². The van der Waals surface area contributed by atoms with Crippen molar-refractivity contribution in [2.75, 3.05) is 0 Å². The number of hydrogen-bond acceptors (Lipinski definition) is 2. The fourth-order valence-electron chi connectivity index (χ4n) is 3.20. The van der Waals surface area contributed by atoms with Crippen molar-refractivity contribution < 1.29 is 17.9 Å². The molecule has 6 heteroatoms. The maximum atomic E-state index is 13.0. The summed E-state index contributed by atoms with van der Waals surface area (Å²) in [7, 11) is 0. The van der Waals surface area contributed by atoms with Gasteiger partial charge in [0.15, 0.2) is 0 Å². The van der Waals surface area contributed by atoms with Crippen molar-refractivity contribution in [2.45, 2.75) is 52.9 Å². The van der Waals surface area contributed by atoms with Crippen LogP contribution >= 0.6 is 0 Å². The van der Waals surface area contributed by atoms with Gasteiger partial charge in [-0.1, -0.05) is 24.6 Å². The summed E-state index contributed by atoms with van der Waals surface area (Å²) in [5, 5.41) is 0. The van der Waals surface area contributed by atoms with E-state index in [9.17, 15) is 13.2 Å². The van der Waals surface area contributed by atoms with Crippen LogP contribution in [0.4, 0.5) is 13.2 Å². The standard InChI is InChI=1S/C21H23F3N2O/c1-5-15(4)26-18-8-7-16(21(22,23)24)11-17(18)25-20(26)12-27-19-9-6-13(2)10-14(19)3/h6-11,15H,5,12H2,1-4H3. The average Bonchev–Trinajstić information content (AvgIpc) is 2.97. The first kappa shape index (κ1) is 19.3. The summed E-state index contributed by atoms with van der Waals surface area (Å²) < 4.78 is 47.0. The molecule has 0 aliphatic heterocycles. The van der Waals surface area contributed by atoms with E-state index in [2.05, 4.69) is 4.98 Å². The molecule has 1 unspecified atom stereocenters. The number of rotatable bonds is 5. The van der Waals surface area contributed by atoms with Crippen LogP contribution in [-0.2, 0) is 12.8 Å². The molecule has 0 saturated heterocycles. The van der Waals surface area contributed by atoms with E-state index in [0.717, 1.165) is 35.4 Å². The largest absolute Gasteiger partial charge is 0.485 e. The molecule has 1 heterocycles. The van der Waals surface area contributed by atoms with Gasteiger partial charge in [0, 0.05) is 6.04 Å². The summed E-state index contributed by atoms with van der Waals surface area (Å²) >= 11 is 0. The number of imidazole rings is 1. The number of halogens is 3. The number of aromatic nitrogens is 2. The van der Waals surface area contributed by atoms with E-state index in [1.807, 2.05) is 50.5 Å². The van der Waals surface area contributed by atoms with Gasteiger partial charge in [-0.25, -0.2) is 4.98 Å². The molecule has 1 atom stereocenters. The van der Waals surface area contributed by atoms with Gasteiger partial charge in [-0.05, 0) is 57.0 Å². The molecular weight excluding hydrogens is 353 g/mol. The molecule has 0 fully saturated rings. The summed E-state index contributed by atoms with van der Waals surface area (Å²) in [6.07, 6.45) is -3.55. The molecule has 0 aliphatic carbocycles. The Balaban J connectivity index is 1.99. The van der Waals surface area contributed by atoms with Gasteiger partial charge in [-0.3, -0.25) is 0 Å². The highest BCUT2D eigenvalue weighted by Crippen LogP contribution is 2.33. The van der Waals surface area contributed by atoms with Crippen molar-refractivity contribution in [3.05, 3.63) is 58.9 Å². The van der Waals surface area contributed by atoms with Crippen molar-refractivity contribution >= 4 is 11.0 Å². The average molecular weight is 376 g/mol. The zero-order valence-electron chi connectivity index (χ0n) is 15.9. The predicted molar refractivity (Wildman–Crippen MR) is 100.0 cm³/mol. The van der Waals surface area contributed by atoms with Gasteiger partial charge >= 0.3 is 6.18 Å². The maximum absolute atomic E-state index is 13.0. The monoisotopic (exact) mass is 376 g/mol. The van der Waals surface area contributed by atoms with Crippen LogP contribution in [0.15, 0.2) is 36.4 Å². The Morgan fingerprint density at radius 2 is 1.85 bits per heavy atom. The topological polar surface area (TPSA) is 27.1 Å². The molecular formula is C21H23F3N2O. The Morgan fingerprint density at radius 1 is 1.11 bits per heavy atom. The number of aryl methyl sites for hydroxylation is 2. The molecule has 0 saturated carbocycles. The van der Waals surface area contributed by atoms with Gasteiger partial charge in [-0.2, -0.15) is 13.2 Å². The van der Waals surface area contributed by atoms with Crippen molar-refractivity contribution in [1.29, 1.82) is 0 Å². The highest BCUT2D eigenvalue weighted by atomic mass is 19.4. The van der Waals surface area contributed by atoms with Crippen LogP contribution < -0.4 is 4.74 Å². The fraction of sp³-hybridized carbons (Fsp3) is 0.381. The molecule has 0 amide bonds. The van der Waals surface area contributed by atoms with E-state index < -0.39 is 11.7 Å². The van der Waals surface area contributed by atoms with Gasteiger partial charge in [0.1, 0.15) is 18.2 Å². The van der Waals surface area contributed by atoms with Gasteiger partial charge in [-0.15, -0.1) is 0 Å². The lowest BCUT2D eigenvalue weighted by atomic mass is 10.1. The Hall–Kier alpha value is -2.50. The van der Waals surface area contributed by atoms with Gasteiger partial charge in [0.05, 0.1) is 16.6 Å². The quantitative estimate of drug-likeness (QED) is 0.528. The number of nitrogens with zero attached hydrogens (tertiary/aromatic N) is 2. The molecule has 3 nitrogen and oxygen atoms in total. The summed E-state index contributed by atoms with van der Waals surface area (Å²) in [5.41, 5.74) is 2.50. The third kappa shape index (κ3) is 3.94. The molecule has 0 N–H and O–H groups in total. The number of alkyl halides is 3. The summed E-state index contributed by atoms with van der Waals surface area (Å²) in [6.45, 7) is 8.24. The van der Waals surface area contributed by atoms with E-state index in [1.54, 1.807) is 0 Å². The van der Waals surface area contributed by atoms with Crippen LogP contribution in [0.1, 0.15) is 48.8 Å². The SMILES string of the molecule is CCC(C)n1c(COc2ccc(C)cc2C)nc2cc(C(F)(F)F)ccc21. The van der Waals surface area contributed by atoms with Crippen molar-refractivity contribution in [2.24, 2.45) is 0 Å². The Bertz CT molecular complexity index is 960. The van der Waals surface area contributed by atoms with Crippen molar-refractivity contribution in [3.63, 3.8) is 0 Å². The predicted octanol–water partition coefficient (Wildman–Crippen LogP) is 6.22. The van der Waals surface area contributed by atoms with Crippen LogP contribution in [0.3, 0.4) is 0 Å². The zero-order chi connectivity index (χ0) is 19.8. The Kier molecular flexibility index (Phi) is 5.18. The van der Waals surface area contributed by atoms with Gasteiger partial charge in [0.25, 0.3) is 0 Å². The normalized spacial score (nSPS) is 13.1. The lowest BCUT2D eigenvalue weighted by molar-refractivity contribution is -0.137. The first-order valence-electron chi connectivity index (χ1n) is 8.98. The highest BCUT2D eigenvalue weighted by Gasteiger charge is 2.31. The van der Waals surface area contributed by atoms with E-state index in [4.69, 9.17) is 4.74 Å². The van der Waals surface area contributed by atoms with Gasteiger partial charge in [0.2, 0.25) is 0 Å². The van der Waals surface area contributed by atoms with Crippen molar-refractivity contribution in [1.82, 2.24) is 9.55 Å². The molecule has 0 bridgehead atoms. The summed E-state index contributed by atoms with van der Waals surface area (Å²) in [6, 6.07) is 9.72. The molecule has 1 aromatic heterocycles. The van der Waals surface area contributed by atoms with Crippen LogP contribution in [0.2, 0.25) is 0 Å². The van der Waals surface area contributed by atoms with Crippen LogP contribution in [0.5, 0.6) is 5.75 Å². The van der Waals surface area contributed by atoms with E-state index in [0.29, 0.717) is 16.9 Å². The second-order valence-electron chi connectivity index (χ2n) is 6.91. The molecule has 27 heavy (non-hydrogen) atoms. The van der Waals surface area contributed by atoms with Crippen LogP contribution in [0, 0.1) is 13.8 Å².